The topological polar surface area (TPSA) is 72.5 Å². The minimum atomic E-state index is -0.397. The van der Waals surface area contributed by atoms with Crippen LogP contribution in [0.25, 0.3) is 0 Å². The summed E-state index contributed by atoms with van der Waals surface area (Å²) in [4.78, 5) is 36.4. The predicted molar refractivity (Wildman–Crippen MR) is 94.3 cm³/mol. The minimum Gasteiger partial charge on any atom is -0.455 e. The van der Waals surface area contributed by atoms with Crippen molar-refractivity contribution in [3.05, 3.63) is 28.8 Å². The minimum absolute atomic E-state index is 0.00649. The summed E-state index contributed by atoms with van der Waals surface area (Å²) < 4.78 is 5.19. The van der Waals surface area contributed by atoms with Crippen LogP contribution in [0.2, 0.25) is 5.02 Å². The molecule has 134 valence electrons. The molecule has 0 unspecified atom stereocenters. The van der Waals surface area contributed by atoms with E-state index >= 15 is 0 Å². The first-order valence-corrected chi connectivity index (χ1v) is 9.08. The Labute approximate surface area is 152 Å². The lowest BCUT2D eigenvalue weighted by atomic mass is 9.67. The number of fused-ring (bicyclic) bond motifs is 2. The quantitative estimate of drug-likeness (QED) is 0.830. The summed E-state index contributed by atoms with van der Waals surface area (Å²) in [5.41, 5.74) is 1.48. The van der Waals surface area contributed by atoms with Gasteiger partial charge in [0.15, 0.2) is 6.61 Å². The third-order valence-corrected chi connectivity index (χ3v) is 5.44. The van der Waals surface area contributed by atoms with Gasteiger partial charge >= 0.3 is 5.97 Å². The molecule has 0 aliphatic heterocycles. The Hall–Kier alpha value is -1.88. The zero-order valence-corrected chi connectivity index (χ0v) is 15.0. The van der Waals surface area contributed by atoms with Crippen LogP contribution < -0.4 is 5.32 Å². The van der Waals surface area contributed by atoms with Crippen LogP contribution in [-0.4, -0.2) is 24.3 Å². The summed E-state index contributed by atoms with van der Waals surface area (Å²) in [6.45, 7) is 1.53. The molecule has 2 bridgehead atoms. The molecule has 2 fully saturated rings. The Morgan fingerprint density at radius 2 is 1.92 bits per heavy atom. The second kappa shape index (κ2) is 7.56. The van der Waals surface area contributed by atoms with E-state index in [9.17, 15) is 14.4 Å². The molecule has 0 spiro atoms. The maximum atomic E-state index is 12.3. The fourth-order valence-electron chi connectivity index (χ4n) is 3.84. The molecule has 3 rings (SSSR count). The van der Waals surface area contributed by atoms with Gasteiger partial charge in [0.25, 0.3) is 5.91 Å². The molecule has 1 aromatic carbocycles. The van der Waals surface area contributed by atoms with Crippen LogP contribution in [0.15, 0.2) is 18.2 Å². The number of nitrogens with one attached hydrogen (secondary N) is 1. The van der Waals surface area contributed by atoms with E-state index in [-0.39, 0.29) is 30.3 Å². The van der Waals surface area contributed by atoms with Crippen molar-refractivity contribution >= 4 is 34.9 Å². The number of amides is 1. The van der Waals surface area contributed by atoms with Crippen molar-refractivity contribution in [3.8, 4) is 0 Å². The van der Waals surface area contributed by atoms with Gasteiger partial charge in [-0.2, -0.15) is 0 Å². The van der Waals surface area contributed by atoms with Crippen molar-refractivity contribution in [3.63, 3.8) is 0 Å². The molecular formula is C19H22ClNO4. The summed E-state index contributed by atoms with van der Waals surface area (Å²) in [7, 11) is 0. The number of benzene rings is 1. The van der Waals surface area contributed by atoms with Gasteiger partial charge in [0.2, 0.25) is 0 Å². The Morgan fingerprint density at radius 1 is 1.24 bits per heavy atom. The number of anilines is 1. The van der Waals surface area contributed by atoms with Gasteiger partial charge in [0, 0.05) is 22.5 Å². The molecule has 6 heteroatoms. The van der Waals surface area contributed by atoms with Crippen LogP contribution in [-0.2, 0) is 19.1 Å². The zero-order valence-electron chi connectivity index (χ0n) is 14.2. The lowest BCUT2D eigenvalue weighted by Gasteiger charge is -2.36. The second-order valence-corrected chi connectivity index (χ2v) is 7.45. The van der Waals surface area contributed by atoms with Crippen molar-refractivity contribution in [2.24, 2.45) is 17.8 Å². The molecule has 0 saturated heterocycles. The Bertz CT molecular complexity index is 687. The number of aryl methyl sites for hydroxylation is 1. The third-order valence-electron chi connectivity index (χ3n) is 5.20. The van der Waals surface area contributed by atoms with Crippen LogP contribution in [0.1, 0.15) is 37.7 Å². The molecule has 1 aromatic rings. The number of ketones is 1. The number of halogens is 1. The first kappa shape index (κ1) is 17.9. The Balaban J connectivity index is 1.51. The molecule has 1 N–H and O–H groups in total. The van der Waals surface area contributed by atoms with E-state index in [1.807, 2.05) is 13.0 Å². The highest BCUT2D eigenvalue weighted by molar-refractivity contribution is 6.31. The monoisotopic (exact) mass is 363 g/mol. The van der Waals surface area contributed by atoms with Crippen LogP contribution in [0.3, 0.4) is 0 Å². The summed E-state index contributed by atoms with van der Waals surface area (Å²) in [6, 6.07) is 5.21. The average molecular weight is 364 g/mol. The van der Waals surface area contributed by atoms with Gasteiger partial charge in [-0.05, 0) is 50.3 Å². The van der Waals surface area contributed by atoms with E-state index in [1.54, 1.807) is 12.1 Å². The van der Waals surface area contributed by atoms with E-state index in [4.69, 9.17) is 16.3 Å². The van der Waals surface area contributed by atoms with Gasteiger partial charge in [0.1, 0.15) is 5.78 Å². The largest absolute Gasteiger partial charge is 0.455 e. The zero-order chi connectivity index (χ0) is 18.0. The smallest absolute Gasteiger partial charge is 0.309 e. The number of carbonyl (C=O) groups excluding carboxylic acids is 3. The normalized spacial score (nSPS) is 25.4. The molecule has 0 aromatic heterocycles. The summed E-state index contributed by atoms with van der Waals surface area (Å²) in [6.07, 6.45) is 3.91. The van der Waals surface area contributed by atoms with Crippen LogP contribution >= 0.6 is 11.6 Å². The highest BCUT2D eigenvalue weighted by Crippen LogP contribution is 2.40. The van der Waals surface area contributed by atoms with Crippen molar-refractivity contribution in [1.29, 1.82) is 0 Å². The molecule has 2 atom stereocenters. The summed E-state index contributed by atoms with van der Waals surface area (Å²) >= 11 is 5.92. The van der Waals surface area contributed by atoms with E-state index in [1.165, 1.54) is 0 Å². The first-order chi connectivity index (χ1) is 11.9. The van der Waals surface area contributed by atoms with Crippen molar-refractivity contribution in [2.45, 2.75) is 39.0 Å². The lowest BCUT2D eigenvalue weighted by molar-refractivity contribution is -0.155. The molecule has 2 saturated carbocycles. The third kappa shape index (κ3) is 4.21. The molecule has 5 nitrogen and oxygen atoms in total. The van der Waals surface area contributed by atoms with Crippen LogP contribution in [0.5, 0.6) is 0 Å². The number of Topliss-reactive ketones (excluding diaryl/α,β-unsaturated/α-hetero) is 1. The van der Waals surface area contributed by atoms with Gasteiger partial charge in [-0.3, -0.25) is 14.4 Å². The Morgan fingerprint density at radius 3 is 2.60 bits per heavy atom. The van der Waals surface area contributed by atoms with E-state index in [0.717, 1.165) is 24.8 Å². The fourth-order valence-corrected chi connectivity index (χ4v) is 4.01. The SMILES string of the molecule is Cc1ccc(Cl)cc1NC(=O)COC(=O)C1C[C@H]2CCC[C@H](C1)C2=O. The van der Waals surface area contributed by atoms with Gasteiger partial charge < -0.3 is 10.1 Å². The van der Waals surface area contributed by atoms with Crippen LogP contribution in [0.4, 0.5) is 5.69 Å². The molecule has 2 aliphatic rings. The van der Waals surface area contributed by atoms with Crippen molar-refractivity contribution < 1.29 is 19.1 Å². The Kier molecular flexibility index (Phi) is 5.42. The number of hydrogen-bond acceptors (Lipinski definition) is 4. The standard InChI is InChI=1S/C19H22ClNO4/c1-11-5-6-15(20)9-16(11)21-17(22)10-25-19(24)14-7-12-3-2-4-13(8-14)18(12)23/h5-6,9,12-14H,2-4,7-8,10H2,1H3,(H,21,22)/t12-,13-/m1/s1. The molecule has 2 aliphatic carbocycles. The van der Waals surface area contributed by atoms with Crippen molar-refractivity contribution in [2.75, 3.05) is 11.9 Å². The van der Waals surface area contributed by atoms with Gasteiger partial charge in [-0.15, -0.1) is 0 Å². The van der Waals surface area contributed by atoms with Gasteiger partial charge in [-0.1, -0.05) is 24.1 Å². The molecular weight excluding hydrogens is 342 g/mol. The maximum absolute atomic E-state index is 12.3. The van der Waals surface area contributed by atoms with E-state index in [2.05, 4.69) is 5.32 Å². The highest BCUT2D eigenvalue weighted by Gasteiger charge is 2.41. The highest BCUT2D eigenvalue weighted by atomic mass is 35.5. The number of rotatable bonds is 4. The number of esters is 1. The fraction of sp³-hybridized carbons (Fsp3) is 0.526. The van der Waals surface area contributed by atoms with Gasteiger partial charge in [-0.25, -0.2) is 0 Å². The van der Waals surface area contributed by atoms with E-state index in [0.29, 0.717) is 29.3 Å². The van der Waals surface area contributed by atoms with E-state index < -0.39 is 5.91 Å². The van der Waals surface area contributed by atoms with Crippen LogP contribution in [0, 0.1) is 24.7 Å². The summed E-state index contributed by atoms with van der Waals surface area (Å²) in [5, 5.41) is 3.23. The molecule has 0 heterocycles. The number of hydrogen-bond donors (Lipinski definition) is 1. The summed E-state index contributed by atoms with van der Waals surface area (Å²) in [5.74, 6) is -0.743. The first-order valence-electron chi connectivity index (χ1n) is 8.70. The average Bonchev–Trinajstić information content (AvgIpc) is 2.56. The molecule has 25 heavy (non-hydrogen) atoms. The number of ether oxygens (including phenoxy) is 1. The second-order valence-electron chi connectivity index (χ2n) is 7.01. The van der Waals surface area contributed by atoms with Crippen molar-refractivity contribution in [1.82, 2.24) is 0 Å². The molecule has 0 radical (unpaired) electrons. The number of carbonyl (C=O) groups is 3. The maximum Gasteiger partial charge on any atom is 0.309 e. The van der Waals surface area contributed by atoms with Gasteiger partial charge in [0.05, 0.1) is 5.92 Å². The predicted octanol–water partition coefficient (Wildman–Crippen LogP) is 3.53. The lowest BCUT2D eigenvalue weighted by Crippen LogP contribution is -2.40. The molecule has 1 amide bonds.